The zero-order valence-corrected chi connectivity index (χ0v) is 15.0. The summed E-state index contributed by atoms with van der Waals surface area (Å²) in [6, 6.07) is 12.4. The van der Waals surface area contributed by atoms with Crippen LogP contribution >= 0.6 is 0 Å². The van der Waals surface area contributed by atoms with Gasteiger partial charge in [-0.2, -0.15) is 0 Å². The Morgan fingerprint density at radius 3 is 2.54 bits per heavy atom. The van der Waals surface area contributed by atoms with Gasteiger partial charge in [-0.3, -0.25) is 0 Å². The van der Waals surface area contributed by atoms with Crippen LogP contribution in [0.1, 0.15) is 11.4 Å². The van der Waals surface area contributed by atoms with Crippen molar-refractivity contribution in [3.05, 3.63) is 64.3 Å². The van der Waals surface area contributed by atoms with Crippen LogP contribution < -0.4 is 4.90 Å². The molecule has 1 N–H and O–H groups in total. The highest BCUT2D eigenvalue weighted by Crippen LogP contribution is 2.20. The minimum atomic E-state index is -4.02. The Morgan fingerprint density at radius 1 is 1.15 bits per heavy atom. The van der Waals surface area contributed by atoms with Crippen LogP contribution in [0.15, 0.2) is 51.9 Å². The number of imidazole rings is 1. The zero-order valence-electron chi connectivity index (χ0n) is 14.2. The Kier molecular flexibility index (Phi) is 4.66. The number of aromatic nitrogens is 2. The fraction of sp³-hybridized carbons (Fsp3) is 0.118. The number of H-pyrrole nitrogens is 1. The molecule has 0 aliphatic rings. The zero-order chi connectivity index (χ0) is 18.7. The summed E-state index contributed by atoms with van der Waals surface area (Å²) in [6.45, 7) is 0. The highest BCUT2D eigenvalue weighted by Gasteiger charge is 2.13. The standard InChI is InChI=1S/C17H16N6O2S/c1-23(2)13-6-3-12(4-7-13)5-10-17-19-15-9-8-14(11-16(15)20-17)26(24,25)22-21-18/h3-11H,1-2H3,(H,19,20). The summed E-state index contributed by atoms with van der Waals surface area (Å²) < 4.78 is 26.4. The van der Waals surface area contributed by atoms with E-state index in [2.05, 4.69) is 19.4 Å². The number of nitrogens with zero attached hydrogens (tertiary/aromatic N) is 5. The number of aromatic amines is 1. The van der Waals surface area contributed by atoms with Gasteiger partial charge in [0.1, 0.15) is 5.82 Å². The molecule has 0 saturated heterocycles. The molecule has 2 aromatic carbocycles. The average Bonchev–Trinajstić information content (AvgIpc) is 3.02. The molecule has 9 heteroatoms. The van der Waals surface area contributed by atoms with E-state index in [1.54, 1.807) is 6.07 Å². The maximum absolute atomic E-state index is 11.8. The van der Waals surface area contributed by atoms with Gasteiger partial charge in [0.15, 0.2) is 0 Å². The SMILES string of the molecule is CN(C)c1ccc(C=Cc2nc3ccc(S(=O)(=O)N=[N+]=[N-])cc3[nH]2)cc1. The van der Waals surface area contributed by atoms with Gasteiger partial charge in [-0.05, 0) is 47.5 Å². The second-order valence-corrected chi connectivity index (χ2v) is 7.35. The Morgan fingerprint density at radius 2 is 1.88 bits per heavy atom. The summed E-state index contributed by atoms with van der Waals surface area (Å²) in [4.78, 5) is 11.7. The Balaban J connectivity index is 1.88. The Hall–Kier alpha value is -3.29. The summed E-state index contributed by atoms with van der Waals surface area (Å²) in [5.41, 5.74) is 11.6. The molecule has 0 fully saturated rings. The molecule has 1 heterocycles. The van der Waals surface area contributed by atoms with Gasteiger partial charge in [0.2, 0.25) is 0 Å². The first kappa shape index (κ1) is 17.5. The van der Waals surface area contributed by atoms with Gasteiger partial charge < -0.3 is 9.88 Å². The molecule has 1 aromatic heterocycles. The molecule has 0 aliphatic heterocycles. The summed E-state index contributed by atoms with van der Waals surface area (Å²) in [6.07, 6.45) is 3.72. The number of anilines is 1. The molecule has 3 aromatic rings. The normalized spacial score (nSPS) is 11.6. The van der Waals surface area contributed by atoms with Crippen molar-refractivity contribution in [2.24, 2.45) is 4.52 Å². The Bertz CT molecular complexity index is 1120. The van der Waals surface area contributed by atoms with Gasteiger partial charge in [-0.15, -0.1) is 0 Å². The number of hydrogen-bond donors (Lipinski definition) is 1. The molecule has 0 bridgehead atoms. The molecule has 8 nitrogen and oxygen atoms in total. The van der Waals surface area contributed by atoms with Gasteiger partial charge in [0.05, 0.1) is 15.9 Å². The third kappa shape index (κ3) is 3.69. The summed E-state index contributed by atoms with van der Waals surface area (Å²) in [7, 11) is -0.0569. The van der Waals surface area contributed by atoms with E-state index in [-0.39, 0.29) is 4.90 Å². The second-order valence-electron chi connectivity index (χ2n) is 5.77. The van der Waals surface area contributed by atoms with Crippen molar-refractivity contribution in [2.75, 3.05) is 19.0 Å². The summed E-state index contributed by atoms with van der Waals surface area (Å²) >= 11 is 0. The molecular weight excluding hydrogens is 352 g/mol. The first-order chi connectivity index (χ1) is 12.4. The van der Waals surface area contributed by atoms with Crippen molar-refractivity contribution in [2.45, 2.75) is 4.90 Å². The molecule has 0 unspecified atom stereocenters. The van der Waals surface area contributed by atoms with Crippen LogP contribution in [0.4, 0.5) is 5.69 Å². The number of azide groups is 1. The second kappa shape index (κ2) is 6.91. The van der Waals surface area contributed by atoms with Gasteiger partial charge in [-0.1, -0.05) is 18.2 Å². The van der Waals surface area contributed by atoms with Crippen LogP contribution in [0.5, 0.6) is 0 Å². The fourth-order valence-corrected chi connectivity index (χ4v) is 3.10. The number of sulfonamides is 1. The molecule has 0 amide bonds. The van der Waals surface area contributed by atoms with Crippen molar-refractivity contribution < 1.29 is 8.42 Å². The van der Waals surface area contributed by atoms with Crippen LogP contribution in [0.25, 0.3) is 33.6 Å². The first-order valence-corrected chi connectivity index (χ1v) is 9.10. The van der Waals surface area contributed by atoms with E-state index < -0.39 is 10.0 Å². The lowest BCUT2D eigenvalue weighted by atomic mass is 10.2. The van der Waals surface area contributed by atoms with Gasteiger partial charge in [0.25, 0.3) is 10.0 Å². The lowest BCUT2D eigenvalue weighted by Gasteiger charge is -2.11. The van der Waals surface area contributed by atoms with Crippen LogP contribution in [0, 0.1) is 0 Å². The highest BCUT2D eigenvalue weighted by atomic mass is 32.2. The maximum atomic E-state index is 11.8. The lowest BCUT2D eigenvalue weighted by Crippen LogP contribution is -2.07. The predicted octanol–water partition coefficient (Wildman–Crippen LogP) is 3.80. The summed E-state index contributed by atoms with van der Waals surface area (Å²) in [5, 5.41) is 0. The number of fused-ring (bicyclic) bond motifs is 1. The van der Waals surface area contributed by atoms with Crippen LogP contribution in [0.2, 0.25) is 0 Å². The Labute approximate surface area is 150 Å². The van der Waals surface area contributed by atoms with E-state index in [1.807, 2.05) is 55.4 Å². The molecule has 132 valence electrons. The number of nitrogens with one attached hydrogen (secondary N) is 1. The minimum absolute atomic E-state index is 0.0822. The van der Waals surface area contributed by atoms with Crippen molar-refractivity contribution in [3.63, 3.8) is 0 Å². The smallest absolute Gasteiger partial charge is 0.264 e. The van der Waals surface area contributed by atoms with Crippen molar-refractivity contribution in [3.8, 4) is 0 Å². The van der Waals surface area contributed by atoms with Crippen LogP contribution in [-0.2, 0) is 10.0 Å². The van der Waals surface area contributed by atoms with E-state index in [4.69, 9.17) is 5.53 Å². The summed E-state index contributed by atoms with van der Waals surface area (Å²) in [5.74, 6) is 0.593. The highest BCUT2D eigenvalue weighted by molar-refractivity contribution is 7.90. The predicted molar refractivity (Wildman–Crippen MR) is 102 cm³/mol. The van der Waals surface area contributed by atoms with E-state index in [9.17, 15) is 8.42 Å². The molecule has 3 rings (SSSR count). The van der Waals surface area contributed by atoms with Crippen molar-refractivity contribution in [1.82, 2.24) is 9.97 Å². The van der Waals surface area contributed by atoms with Crippen LogP contribution in [0.3, 0.4) is 0 Å². The molecular formula is C17H16N6O2S. The molecule has 26 heavy (non-hydrogen) atoms. The topological polar surface area (TPSA) is 115 Å². The van der Waals surface area contributed by atoms with Crippen molar-refractivity contribution in [1.29, 1.82) is 0 Å². The largest absolute Gasteiger partial charge is 0.378 e. The average molecular weight is 368 g/mol. The van der Waals surface area contributed by atoms with E-state index in [1.165, 1.54) is 12.1 Å². The van der Waals surface area contributed by atoms with E-state index >= 15 is 0 Å². The number of benzene rings is 2. The van der Waals surface area contributed by atoms with E-state index in [0.29, 0.717) is 16.9 Å². The first-order valence-electron chi connectivity index (χ1n) is 7.66. The van der Waals surface area contributed by atoms with Crippen molar-refractivity contribution >= 4 is 38.9 Å². The quantitative estimate of drug-likeness (QED) is 0.419. The van der Waals surface area contributed by atoms with Gasteiger partial charge >= 0.3 is 0 Å². The third-order valence-electron chi connectivity index (χ3n) is 3.76. The lowest BCUT2D eigenvalue weighted by molar-refractivity contribution is 0.597. The van der Waals surface area contributed by atoms with Crippen LogP contribution in [-0.4, -0.2) is 32.5 Å². The third-order valence-corrected chi connectivity index (χ3v) is 4.89. The molecule has 0 spiro atoms. The molecule has 0 aliphatic carbocycles. The maximum Gasteiger partial charge on any atom is 0.264 e. The monoisotopic (exact) mass is 368 g/mol. The van der Waals surface area contributed by atoms with E-state index in [0.717, 1.165) is 11.3 Å². The van der Waals surface area contributed by atoms with Gasteiger partial charge in [-0.25, -0.2) is 13.4 Å². The molecule has 0 saturated carbocycles. The molecule has 0 atom stereocenters. The minimum Gasteiger partial charge on any atom is -0.378 e. The number of rotatable bonds is 5. The van der Waals surface area contributed by atoms with Gasteiger partial charge in [0, 0.05) is 29.2 Å². The fourth-order valence-electron chi connectivity index (χ4n) is 2.40. The number of hydrogen-bond acceptors (Lipinski definition) is 4. The molecule has 0 radical (unpaired) electrons.